The highest BCUT2D eigenvalue weighted by Crippen LogP contribution is 2.29. The predicted molar refractivity (Wildman–Crippen MR) is 124 cm³/mol. The van der Waals surface area contributed by atoms with Crippen molar-refractivity contribution in [1.29, 1.82) is 0 Å². The van der Waals surface area contributed by atoms with E-state index in [2.05, 4.69) is 10.1 Å². The van der Waals surface area contributed by atoms with Crippen molar-refractivity contribution in [3.8, 4) is 5.75 Å². The number of hydrogen-bond donors (Lipinski definition) is 1. The predicted octanol–water partition coefficient (Wildman–Crippen LogP) is 5.69. The van der Waals surface area contributed by atoms with Crippen molar-refractivity contribution in [2.24, 2.45) is 0 Å². The summed E-state index contributed by atoms with van der Waals surface area (Å²) < 4.78 is 68.4. The molecular formula is C23H20ClF3N2O4S. The molecule has 6 nitrogen and oxygen atoms in total. The number of benzene rings is 3. The summed E-state index contributed by atoms with van der Waals surface area (Å²) in [5, 5.41) is 2.80. The minimum atomic E-state index is -4.84. The lowest BCUT2D eigenvalue weighted by molar-refractivity contribution is -0.274. The van der Waals surface area contributed by atoms with E-state index in [0.29, 0.717) is 5.02 Å². The lowest BCUT2D eigenvalue weighted by Gasteiger charge is -2.24. The molecule has 0 heterocycles. The number of alkyl halides is 3. The highest BCUT2D eigenvalue weighted by Gasteiger charge is 2.31. The minimum Gasteiger partial charge on any atom is -0.406 e. The molecule has 3 aromatic rings. The smallest absolute Gasteiger partial charge is 0.406 e. The van der Waals surface area contributed by atoms with Gasteiger partial charge in [0.15, 0.2) is 0 Å². The first-order valence-electron chi connectivity index (χ1n) is 9.86. The van der Waals surface area contributed by atoms with E-state index in [1.807, 2.05) is 6.92 Å². The van der Waals surface area contributed by atoms with Crippen LogP contribution in [0.25, 0.3) is 0 Å². The molecule has 0 saturated carbocycles. The first-order valence-corrected chi connectivity index (χ1v) is 11.7. The molecule has 0 aliphatic carbocycles. The first-order chi connectivity index (χ1) is 15.8. The van der Waals surface area contributed by atoms with Gasteiger partial charge in [0.25, 0.3) is 10.0 Å². The maximum Gasteiger partial charge on any atom is 0.573 e. The molecule has 0 aliphatic rings. The Labute approximate surface area is 200 Å². The number of nitrogens with one attached hydrogen (secondary N) is 1. The second-order valence-corrected chi connectivity index (χ2v) is 9.65. The maximum absolute atomic E-state index is 13.4. The van der Waals surface area contributed by atoms with Crippen LogP contribution in [0.5, 0.6) is 5.75 Å². The summed E-state index contributed by atoms with van der Waals surface area (Å²) >= 11 is 6.19. The lowest BCUT2D eigenvalue weighted by Crippen LogP contribution is -2.38. The fourth-order valence-electron chi connectivity index (χ4n) is 2.96. The Hall–Kier alpha value is -3.24. The average molecular weight is 513 g/mol. The van der Waals surface area contributed by atoms with Crippen LogP contribution in [-0.4, -0.2) is 27.2 Å². The summed E-state index contributed by atoms with van der Waals surface area (Å²) in [6.45, 7) is 2.96. The van der Waals surface area contributed by atoms with Crippen LogP contribution in [0.15, 0.2) is 71.6 Å². The van der Waals surface area contributed by atoms with Gasteiger partial charge in [0.05, 0.1) is 10.6 Å². The van der Waals surface area contributed by atoms with Gasteiger partial charge in [-0.15, -0.1) is 13.2 Å². The van der Waals surface area contributed by atoms with Gasteiger partial charge in [-0.05, 0) is 67.9 Å². The number of ether oxygens (including phenoxy) is 1. The summed E-state index contributed by atoms with van der Waals surface area (Å²) in [5.74, 6) is -1.17. The zero-order valence-electron chi connectivity index (χ0n) is 18.1. The van der Waals surface area contributed by atoms with Crippen LogP contribution >= 0.6 is 11.6 Å². The molecule has 34 heavy (non-hydrogen) atoms. The van der Waals surface area contributed by atoms with Crippen molar-refractivity contribution in [3.05, 3.63) is 82.9 Å². The van der Waals surface area contributed by atoms with Crippen molar-refractivity contribution >= 4 is 38.9 Å². The molecule has 0 fully saturated rings. The summed E-state index contributed by atoms with van der Waals surface area (Å²) in [6.07, 6.45) is -4.84. The van der Waals surface area contributed by atoms with Crippen LogP contribution < -0.4 is 14.4 Å². The van der Waals surface area contributed by atoms with Crippen LogP contribution in [0.4, 0.5) is 24.5 Å². The second-order valence-electron chi connectivity index (χ2n) is 7.38. The number of aryl methyl sites for hydroxylation is 2. The molecule has 0 aliphatic heterocycles. The van der Waals surface area contributed by atoms with Crippen LogP contribution in [0, 0.1) is 13.8 Å². The van der Waals surface area contributed by atoms with Gasteiger partial charge < -0.3 is 10.1 Å². The van der Waals surface area contributed by atoms with Gasteiger partial charge in [0, 0.05) is 10.7 Å². The average Bonchev–Trinajstić information content (AvgIpc) is 2.75. The third kappa shape index (κ3) is 6.42. The molecule has 0 bridgehead atoms. The Morgan fingerprint density at radius 2 is 1.62 bits per heavy atom. The number of anilines is 2. The zero-order chi connectivity index (χ0) is 25.1. The van der Waals surface area contributed by atoms with Gasteiger partial charge in [-0.25, -0.2) is 8.42 Å². The Balaban J connectivity index is 1.87. The molecule has 1 amide bonds. The third-order valence-corrected chi connectivity index (χ3v) is 6.91. The standard InChI is InChI=1S/C23H20ClF3N2O4S/c1-15-3-11-20(12-4-15)34(31,32)29(18-8-5-16(2)21(24)13-18)14-22(30)28-17-6-9-19(10-7-17)33-23(25,26)27/h3-13H,14H2,1-2H3,(H,28,30). The molecule has 0 unspecified atom stereocenters. The first kappa shape index (κ1) is 25.4. The summed E-state index contributed by atoms with van der Waals surface area (Å²) in [5.41, 5.74) is 1.93. The molecular weight excluding hydrogens is 493 g/mol. The molecule has 0 radical (unpaired) electrons. The zero-order valence-corrected chi connectivity index (χ0v) is 19.6. The Bertz CT molecular complexity index is 1280. The molecule has 180 valence electrons. The maximum atomic E-state index is 13.4. The van der Waals surface area contributed by atoms with Crippen molar-refractivity contribution in [2.75, 3.05) is 16.2 Å². The summed E-state index contributed by atoms with van der Waals surface area (Å²) in [6, 6.07) is 15.2. The van der Waals surface area contributed by atoms with Crippen molar-refractivity contribution in [3.63, 3.8) is 0 Å². The van der Waals surface area contributed by atoms with Crippen molar-refractivity contribution in [2.45, 2.75) is 25.1 Å². The van der Waals surface area contributed by atoms with Crippen LogP contribution in [0.2, 0.25) is 5.02 Å². The third-order valence-electron chi connectivity index (χ3n) is 4.71. The number of carbonyl (C=O) groups excluding carboxylic acids is 1. The number of sulfonamides is 1. The highest BCUT2D eigenvalue weighted by molar-refractivity contribution is 7.92. The van der Waals surface area contributed by atoms with Crippen molar-refractivity contribution in [1.82, 2.24) is 0 Å². The molecule has 0 atom stereocenters. The number of nitrogens with zero attached hydrogens (tertiary/aromatic N) is 1. The van der Waals surface area contributed by atoms with E-state index in [0.717, 1.165) is 27.6 Å². The fourth-order valence-corrected chi connectivity index (χ4v) is 4.55. The fraction of sp³-hybridized carbons (Fsp3) is 0.174. The van der Waals surface area contributed by atoms with Crippen LogP contribution in [0.3, 0.4) is 0 Å². The lowest BCUT2D eigenvalue weighted by atomic mass is 10.2. The molecule has 11 heteroatoms. The van der Waals surface area contributed by atoms with Gasteiger partial charge in [-0.3, -0.25) is 9.10 Å². The topological polar surface area (TPSA) is 75.7 Å². The van der Waals surface area contributed by atoms with Gasteiger partial charge in [0.2, 0.25) is 5.91 Å². The highest BCUT2D eigenvalue weighted by atomic mass is 35.5. The summed E-state index contributed by atoms with van der Waals surface area (Å²) in [7, 11) is -4.15. The van der Waals surface area contributed by atoms with Gasteiger partial charge in [-0.1, -0.05) is 35.4 Å². The van der Waals surface area contributed by atoms with E-state index >= 15 is 0 Å². The SMILES string of the molecule is Cc1ccc(S(=O)(=O)N(CC(=O)Nc2ccc(OC(F)(F)F)cc2)c2ccc(C)c(Cl)c2)cc1. The van der Waals surface area contributed by atoms with Gasteiger partial charge in [0.1, 0.15) is 12.3 Å². The normalized spacial score (nSPS) is 11.7. The largest absolute Gasteiger partial charge is 0.573 e. The molecule has 0 spiro atoms. The van der Waals surface area contributed by atoms with E-state index in [1.165, 1.54) is 36.4 Å². The van der Waals surface area contributed by atoms with E-state index < -0.39 is 34.6 Å². The Morgan fingerprint density at radius 1 is 1.00 bits per heavy atom. The molecule has 0 saturated heterocycles. The van der Waals surface area contributed by atoms with E-state index in [1.54, 1.807) is 25.1 Å². The van der Waals surface area contributed by atoms with E-state index in [9.17, 15) is 26.4 Å². The number of hydrogen-bond acceptors (Lipinski definition) is 4. The number of carbonyl (C=O) groups is 1. The Morgan fingerprint density at radius 3 is 2.18 bits per heavy atom. The Kier molecular flexibility index (Phi) is 7.42. The minimum absolute atomic E-state index is 0.0174. The number of rotatable bonds is 7. The molecule has 3 aromatic carbocycles. The van der Waals surface area contributed by atoms with Gasteiger partial charge in [-0.2, -0.15) is 0 Å². The van der Waals surface area contributed by atoms with E-state index in [-0.39, 0.29) is 16.3 Å². The molecule has 1 N–H and O–H groups in total. The van der Waals surface area contributed by atoms with E-state index in [4.69, 9.17) is 11.6 Å². The van der Waals surface area contributed by atoms with Crippen molar-refractivity contribution < 1.29 is 31.1 Å². The molecule has 0 aromatic heterocycles. The monoisotopic (exact) mass is 512 g/mol. The number of amides is 1. The van der Waals surface area contributed by atoms with Crippen LogP contribution in [-0.2, 0) is 14.8 Å². The van der Waals surface area contributed by atoms with Crippen LogP contribution in [0.1, 0.15) is 11.1 Å². The van der Waals surface area contributed by atoms with Gasteiger partial charge >= 0.3 is 6.36 Å². The molecule has 3 rings (SSSR count). The summed E-state index contributed by atoms with van der Waals surface area (Å²) in [4.78, 5) is 12.7. The second kappa shape index (κ2) is 9.94. The number of halogens is 4. The quantitative estimate of drug-likeness (QED) is 0.441.